The number of rotatable bonds is 0. The normalized spacial score (nSPS) is 35.3. The van der Waals surface area contributed by atoms with Crippen molar-refractivity contribution in [3.8, 4) is 0 Å². The van der Waals surface area contributed by atoms with E-state index in [0.717, 1.165) is 29.7 Å². The van der Waals surface area contributed by atoms with Crippen LogP contribution in [0.2, 0.25) is 0 Å². The van der Waals surface area contributed by atoms with E-state index < -0.39 is 0 Å². The standard InChI is InChI=1S/C13H24.C10H19N.C7H15N/c1-13(2,3)12-8-10-5-4-6-11(7-10)9-12;1-10(2,3)11-5-4-8-6-9(11)7-8;1-7(2,3)8-5-4-6-8/h10-12H,4-9H2,1-3H3;8-9H,4-7H2,1-3H3;4-6H2,1-3H3. The van der Waals surface area contributed by atoms with E-state index in [9.17, 15) is 0 Å². The van der Waals surface area contributed by atoms with E-state index in [4.69, 9.17) is 0 Å². The zero-order valence-electron chi connectivity index (χ0n) is 23.5. The third kappa shape index (κ3) is 7.21. The first-order chi connectivity index (χ1) is 14.7. The highest BCUT2D eigenvalue weighted by atomic mass is 15.2. The molecule has 4 bridgehead atoms. The second kappa shape index (κ2) is 10.3. The van der Waals surface area contributed by atoms with Crippen LogP contribution in [0.15, 0.2) is 0 Å². The Morgan fingerprint density at radius 2 is 1.06 bits per heavy atom. The molecule has 0 aromatic rings. The lowest BCUT2D eigenvalue weighted by molar-refractivity contribution is -0.0419. The maximum absolute atomic E-state index is 2.69. The van der Waals surface area contributed by atoms with E-state index in [1.807, 2.05) is 0 Å². The molecule has 0 N–H and O–H groups in total. The average Bonchev–Trinajstić information content (AvgIpc) is 2.57. The number of piperidine rings is 2. The second-order valence-electron chi connectivity index (χ2n) is 15.1. The van der Waals surface area contributed by atoms with Gasteiger partial charge in [-0.25, -0.2) is 0 Å². The third-order valence-corrected chi connectivity index (χ3v) is 9.45. The molecule has 2 unspecified atom stereocenters. The van der Waals surface area contributed by atoms with E-state index >= 15 is 0 Å². The molecule has 188 valence electrons. The summed E-state index contributed by atoms with van der Waals surface area (Å²) in [6, 6.07) is 0.939. The van der Waals surface area contributed by atoms with Gasteiger partial charge in [-0.15, -0.1) is 0 Å². The summed E-state index contributed by atoms with van der Waals surface area (Å²) in [6.07, 6.45) is 15.0. The third-order valence-electron chi connectivity index (χ3n) is 9.45. The number of likely N-dealkylation sites (tertiary alicyclic amines) is 1. The largest absolute Gasteiger partial charge is 0.298 e. The summed E-state index contributed by atoms with van der Waals surface area (Å²) in [5.74, 6) is 4.29. The molecule has 0 aromatic heterocycles. The molecule has 6 rings (SSSR count). The van der Waals surface area contributed by atoms with E-state index in [1.165, 1.54) is 77.4 Å². The van der Waals surface area contributed by atoms with E-state index in [2.05, 4.69) is 72.1 Å². The molecule has 0 spiro atoms. The molecular weight excluding hydrogens is 388 g/mol. The molecule has 6 fully saturated rings. The maximum atomic E-state index is 2.69. The zero-order chi connectivity index (χ0) is 23.7. The van der Waals surface area contributed by atoms with Crippen LogP contribution in [0.4, 0.5) is 0 Å². The Morgan fingerprint density at radius 3 is 1.34 bits per heavy atom. The molecular formula is C30H58N2. The van der Waals surface area contributed by atoms with Crippen LogP contribution in [0.25, 0.3) is 0 Å². The molecule has 2 atom stereocenters. The average molecular weight is 447 g/mol. The Bertz CT molecular complexity index is 550. The quantitative estimate of drug-likeness (QED) is 0.372. The van der Waals surface area contributed by atoms with Crippen LogP contribution in [0, 0.1) is 29.1 Å². The summed E-state index contributed by atoms with van der Waals surface area (Å²) >= 11 is 0. The molecule has 0 radical (unpaired) electrons. The van der Waals surface area contributed by atoms with Gasteiger partial charge in [-0.05, 0) is 135 Å². The smallest absolute Gasteiger partial charge is 0.0127 e. The summed E-state index contributed by atoms with van der Waals surface area (Å²) in [5.41, 5.74) is 1.41. The van der Waals surface area contributed by atoms with Crippen LogP contribution in [0.3, 0.4) is 0 Å². The summed E-state index contributed by atoms with van der Waals surface area (Å²) in [6.45, 7) is 25.1. The van der Waals surface area contributed by atoms with Crippen molar-refractivity contribution in [3.63, 3.8) is 0 Å². The SMILES string of the molecule is CC(C)(C)C1CC2CCCC(C2)C1.CC(C)(C)N1CCC1.CC(C)(C)N1CCC2CC1C2. The second-order valence-corrected chi connectivity index (χ2v) is 15.1. The summed E-state index contributed by atoms with van der Waals surface area (Å²) in [7, 11) is 0. The van der Waals surface area contributed by atoms with Crippen molar-refractivity contribution in [2.75, 3.05) is 19.6 Å². The van der Waals surface area contributed by atoms with Crippen molar-refractivity contribution in [1.29, 1.82) is 0 Å². The number of hydrogen-bond acceptors (Lipinski definition) is 2. The first-order valence-electron chi connectivity index (χ1n) is 14.2. The molecule has 2 nitrogen and oxygen atoms in total. The topological polar surface area (TPSA) is 6.48 Å². The first-order valence-corrected chi connectivity index (χ1v) is 14.2. The summed E-state index contributed by atoms with van der Waals surface area (Å²) in [4.78, 5) is 5.18. The zero-order valence-corrected chi connectivity index (χ0v) is 23.5. The molecule has 32 heavy (non-hydrogen) atoms. The van der Waals surface area contributed by atoms with Gasteiger partial charge in [0.05, 0.1) is 0 Å². The highest BCUT2D eigenvalue weighted by Crippen LogP contribution is 2.48. The van der Waals surface area contributed by atoms with E-state index in [0.29, 0.717) is 16.5 Å². The monoisotopic (exact) mass is 446 g/mol. The Hall–Kier alpha value is -0.0800. The van der Waals surface area contributed by atoms with Crippen LogP contribution >= 0.6 is 0 Å². The van der Waals surface area contributed by atoms with Gasteiger partial charge in [0, 0.05) is 17.1 Å². The fourth-order valence-corrected chi connectivity index (χ4v) is 7.00. The predicted octanol–water partition coefficient (Wildman–Crippen LogP) is 8.01. The van der Waals surface area contributed by atoms with Crippen LogP contribution in [0.1, 0.15) is 127 Å². The minimum atomic E-state index is 0.413. The van der Waals surface area contributed by atoms with Gasteiger partial charge in [0.2, 0.25) is 0 Å². The van der Waals surface area contributed by atoms with Crippen molar-refractivity contribution in [1.82, 2.24) is 9.80 Å². The Balaban J connectivity index is 0.000000140. The van der Waals surface area contributed by atoms with Gasteiger partial charge in [-0.2, -0.15) is 0 Å². The Labute approximate surface area is 202 Å². The number of nitrogens with zero attached hydrogens (tertiary/aromatic N) is 2. The number of hydrogen-bond donors (Lipinski definition) is 0. The minimum Gasteiger partial charge on any atom is -0.298 e. The van der Waals surface area contributed by atoms with Crippen LogP contribution < -0.4 is 0 Å². The van der Waals surface area contributed by atoms with Crippen molar-refractivity contribution in [2.24, 2.45) is 29.1 Å². The molecule has 3 aliphatic carbocycles. The maximum Gasteiger partial charge on any atom is 0.0127 e. The Morgan fingerprint density at radius 1 is 0.531 bits per heavy atom. The van der Waals surface area contributed by atoms with Gasteiger partial charge in [0.1, 0.15) is 0 Å². The van der Waals surface area contributed by atoms with Crippen molar-refractivity contribution < 1.29 is 0 Å². The summed E-state index contributed by atoms with van der Waals surface area (Å²) in [5, 5.41) is 0. The molecule has 3 saturated heterocycles. The number of fused-ring (bicyclic) bond motifs is 4. The van der Waals surface area contributed by atoms with Gasteiger partial charge >= 0.3 is 0 Å². The van der Waals surface area contributed by atoms with Crippen LogP contribution in [-0.2, 0) is 0 Å². The van der Waals surface area contributed by atoms with Crippen molar-refractivity contribution >= 4 is 0 Å². The lowest BCUT2D eigenvalue weighted by atomic mass is 9.62. The van der Waals surface area contributed by atoms with Gasteiger partial charge in [-0.3, -0.25) is 9.80 Å². The fourth-order valence-electron chi connectivity index (χ4n) is 7.00. The molecule has 2 heteroatoms. The van der Waals surface area contributed by atoms with Gasteiger partial charge in [0.25, 0.3) is 0 Å². The molecule has 3 aliphatic heterocycles. The highest BCUT2D eigenvalue weighted by molar-refractivity contribution is 4.97. The highest BCUT2D eigenvalue weighted by Gasteiger charge is 2.42. The molecule has 3 heterocycles. The molecule has 6 aliphatic rings. The van der Waals surface area contributed by atoms with Gasteiger partial charge in [-0.1, -0.05) is 40.0 Å². The van der Waals surface area contributed by atoms with Gasteiger partial charge in [0.15, 0.2) is 0 Å². The Kier molecular flexibility index (Phi) is 8.51. The van der Waals surface area contributed by atoms with E-state index in [-0.39, 0.29) is 0 Å². The first kappa shape index (κ1) is 26.5. The molecule has 3 saturated carbocycles. The lowest BCUT2D eigenvalue weighted by Crippen LogP contribution is -2.58. The predicted molar refractivity (Wildman–Crippen MR) is 141 cm³/mol. The van der Waals surface area contributed by atoms with Crippen molar-refractivity contribution in [3.05, 3.63) is 0 Å². The molecule has 0 aromatic carbocycles. The summed E-state index contributed by atoms with van der Waals surface area (Å²) < 4.78 is 0. The van der Waals surface area contributed by atoms with Crippen LogP contribution in [0.5, 0.6) is 0 Å². The van der Waals surface area contributed by atoms with Crippen molar-refractivity contribution in [2.45, 2.75) is 144 Å². The fraction of sp³-hybridized carbons (Fsp3) is 1.00. The van der Waals surface area contributed by atoms with Gasteiger partial charge < -0.3 is 0 Å². The lowest BCUT2D eigenvalue weighted by Gasteiger charge is -2.54. The van der Waals surface area contributed by atoms with E-state index in [1.54, 1.807) is 6.42 Å². The minimum absolute atomic E-state index is 0.413. The molecule has 0 amide bonds. The van der Waals surface area contributed by atoms with Crippen LogP contribution in [-0.4, -0.2) is 46.6 Å².